The summed E-state index contributed by atoms with van der Waals surface area (Å²) in [5, 5.41) is 0. The van der Waals surface area contributed by atoms with E-state index in [-0.39, 0.29) is 5.92 Å². The molecule has 0 saturated carbocycles. The quantitative estimate of drug-likeness (QED) is 0.641. The second kappa shape index (κ2) is 6.91. The van der Waals surface area contributed by atoms with Gasteiger partial charge in [-0.15, -0.1) is 0 Å². The second-order valence-electron chi connectivity index (χ2n) is 4.84. The van der Waals surface area contributed by atoms with Crippen molar-refractivity contribution in [3.63, 3.8) is 0 Å². The molecule has 1 nitrogen and oxygen atoms in total. The van der Waals surface area contributed by atoms with Crippen molar-refractivity contribution in [1.29, 1.82) is 0 Å². The van der Waals surface area contributed by atoms with Gasteiger partial charge in [-0.2, -0.15) is 0 Å². The average Bonchev–Trinajstić information content (AvgIpc) is 2.47. The molecule has 0 aliphatic carbocycles. The van der Waals surface area contributed by atoms with Gasteiger partial charge < -0.3 is 4.74 Å². The first kappa shape index (κ1) is 16.5. The molecule has 1 atom stereocenters. The lowest BCUT2D eigenvalue weighted by molar-refractivity contribution is 0.414. The molecule has 0 radical (unpaired) electrons. The molecule has 0 aliphatic heterocycles. The predicted octanol–water partition coefficient (Wildman–Crippen LogP) is 5.76. The van der Waals surface area contributed by atoms with Gasteiger partial charge in [0.1, 0.15) is 5.75 Å². The van der Waals surface area contributed by atoms with E-state index in [0.29, 0.717) is 0 Å². The molecule has 2 aromatic rings. The minimum absolute atomic E-state index is 0.320. The number of rotatable bonds is 4. The van der Waals surface area contributed by atoms with E-state index in [1.165, 1.54) is 5.56 Å². The van der Waals surface area contributed by atoms with Crippen LogP contribution in [-0.4, -0.2) is 10.9 Å². The van der Waals surface area contributed by atoms with Crippen LogP contribution in [0.4, 0.5) is 0 Å². The standard InChI is InChI=1S/C17H17Cl3O/c1-3-12-4-6-13(7-5-12)16(17(18,19)20)14-8-10-15(21-2)11-9-14/h4-11,16H,3H2,1-2H3/t16-/m1/s1. The average molecular weight is 344 g/mol. The Kier molecular flexibility index (Phi) is 5.43. The molecule has 2 rings (SSSR count). The van der Waals surface area contributed by atoms with Crippen LogP contribution in [0.3, 0.4) is 0 Å². The van der Waals surface area contributed by atoms with E-state index in [1.54, 1.807) is 7.11 Å². The van der Waals surface area contributed by atoms with Crippen molar-refractivity contribution in [2.24, 2.45) is 0 Å². The molecule has 0 heterocycles. The summed E-state index contributed by atoms with van der Waals surface area (Å²) >= 11 is 18.6. The topological polar surface area (TPSA) is 9.23 Å². The summed E-state index contributed by atoms with van der Waals surface area (Å²) < 4.78 is 3.76. The zero-order valence-corrected chi connectivity index (χ0v) is 14.2. The van der Waals surface area contributed by atoms with Crippen LogP contribution in [0.2, 0.25) is 0 Å². The molecule has 0 amide bonds. The Morgan fingerprint density at radius 1 is 0.905 bits per heavy atom. The van der Waals surface area contributed by atoms with E-state index < -0.39 is 3.79 Å². The Morgan fingerprint density at radius 3 is 1.76 bits per heavy atom. The normalized spacial score (nSPS) is 13.0. The maximum Gasteiger partial charge on any atom is 0.201 e. The van der Waals surface area contributed by atoms with Gasteiger partial charge in [0.05, 0.1) is 13.0 Å². The van der Waals surface area contributed by atoms with Gasteiger partial charge in [0.25, 0.3) is 0 Å². The van der Waals surface area contributed by atoms with Crippen molar-refractivity contribution in [2.75, 3.05) is 7.11 Å². The van der Waals surface area contributed by atoms with Crippen LogP contribution in [0.5, 0.6) is 5.75 Å². The third kappa shape index (κ3) is 4.06. The molecule has 0 bridgehead atoms. The Balaban J connectivity index is 2.41. The number of hydrogen-bond donors (Lipinski definition) is 0. The molecule has 0 fully saturated rings. The van der Waals surface area contributed by atoms with Gasteiger partial charge in [-0.3, -0.25) is 0 Å². The van der Waals surface area contributed by atoms with Crippen LogP contribution in [0.25, 0.3) is 0 Å². The molecule has 0 saturated heterocycles. The fourth-order valence-electron chi connectivity index (χ4n) is 2.31. The van der Waals surface area contributed by atoms with Gasteiger partial charge >= 0.3 is 0 Å². The van der Waals surface area contributed by atoms with Gasteiger partial charge in [-0.1, -0.05) is 78.1 Å². The maximum absolute atomic E-state index is 6.22. The molecular weight excluding hydrogens is 327 g/mol. The molecule has 21 heavy (non-hydrogen) atoms. The molecule has 0 aliphatic rings. The van der Waals surface area contributed by atoms with E-state index in [0.717, 1.165) is 23.3 Å². The third-order valence-corrected chi connectivity index (χ3v) is 4.15. The summed E-state index contributed by atoms with van der Waals surface area (Å²) in [6.45, 7) is 2.12. The van der Waals surface area contributed by atoms with Crippen molar-refractivity contribution in [3.8, 4) is 5.75 Å². The smallest absolute Gasteiger partial charge is 0.201 e. The van der Waals surface area contributed by atoms with Crippen molar-refractivity contribution in [3.05, 3.63) is 65.2 Å². The van der Waals surface area contributed by atoms with E-state index >= 15 is 0 Å². The van der Waals surface area contributed by atoms with E-state index in [2.05, 4.69) is 19.1 Å². The minimum Gasteiger partial charge on any atom is -0.497 e. The lowest BCUT2D eigenvalue weighted by Gasteiger charge is -2.25. The van der Waals surface area contributed by atoms with Gasteiger partial charge in [0, 0.05) is 0 Å². The van der Waals surface area contributed by atoms with Crippen LogP contribution < -0.4 is 4.74 Å². The van der Waals surface area contributed by atoms with Crippen LogP contribution >= 0.6 is 34.8 Å². The van der Waals surface area contributed by atoms with Crippen LogP contribution in [0.1, 0.15) is 29.5 Å². The number of alkyl halides is 3. The monoisotopic (exact) mass is 342 g/mol. The first-order valence-electron chi connectivity index (χ1n) is 6.75. The SMILES string of the molecule is CCc1ccc([C@H](c2ccc(OC)cc2)C(Cl)(Cl)Cl)cc1. The predicted molar refractivity (Wildman–Crippen MR) is 90.9 cm³/mol. The summed E-state index contributed by atoms with van der Waals surface area (Å²) in [5.41, 5.74) is 3.19. The van der Waals surface area contributed by atoms with Crippen LogP contribution in [0, 0.1) is 0 Å². The number of aryl methyl sites for hydroxylation is 1. The minimum atomic E-state index is -1.41. The van der Waals surface area contributed by atoms with Gasteiger partial charge in [-0.25, -0.2) is 0 Å². The molecular formula is C17H17Cl3O. The highest BCUT2D eigenvalue weighted by molar-refractivity contribution is 6.68. The highest BCUT2D eigenvalue weighted by Crippen LogP contribution is 2.45. The van der Waals surface area contributed by atoms with Crippen molar-refractivity contribution < 1.29 is 4.74 Å². The second-order valence-corrected chi connectivity index (χ2v) is 7.21. The molecule has 0 N–H and O–H groups in total. The molecule has 4 heteroatoms. The third-order valence-electron chi connectivity index (χ3n) is 3.50. The number of hydrogen-bond acceptors (Lipinski definition) is 1. The van der Waals surface area contributed by atoms with Gasteiger partial charge in [-0.05, 0) is 35.2 Å². The zero-order chi connectivity index (χ0) is 15.5. The van der Waals surface area contributed by atoms with Crippen molar-refractivity contribution in [1.82, 2.24) is 0 Å². The first-order valence-corrected chi connectivity index (χ1v) is 7.88. The fourth-order valence-corrected chi connectivity index (χ4v) is 3.07. The Labute approximate surface area is 140 Å². The molecule has 0 spiro atoms. The van der Waals surface area contributed by atoms with Crippen LogP contribution in [-0.2, 0) is 6.42 Å². The van der Waals surface area contributed by atoms with E-state index in [9.17, 15) is 0 Å². The van der Waals surface area contributed by atoms with Crippen molar-refractivity contribution >= 4 is 34.8 Å². The Morgan fingerprint density at radius 2 is 1.38 bits per heavy atom. The zero-order valence-electron chi connectivity index (χ0n) is 11.9. The number of benzene rings is 2. The molecule has 0 unspecified atom stereocenters. The number of halogens is 3. The number of ether oxygens (including phenoxy) is 1. The van der Waals surface area contributed by atoms with Gasteiger partial charge in [0.15, 0.2) is 0 Å². The van der Waals surface area contributed by atoms with E-state index in [1.807, 2.05) is 36.4 Å². The lowest BCUT2D eigenvalue weighted by Crippen LogP contribution is -2.18. The maximum atomic E-state index is 6.22. The fraction of sp³-hybridized carbons (Fsp3) is 0.294. The largest absolute Gasteiger partial charge is 0.497 e. The Hall–Kier alpha value is -0.890. The summed E-state index contributed by atoms with van der Waals surface area (Å²) in [6.07, 6.45) is 0.987. The summed E-state index contributed by atoms with van der Waals surface area (Å²) in [4.78, 5) is 0. The molecule has 2 aromatic carbocycles. The van der Waals surface area contributed by atoms with Crippen molar-refractivity contribution in [2.45, 2.75) is 23.1 Å². The first-order chi connectivity index (χ1) is 9.95. The van der Waals surface area contributed by atoms with E-state index in [4.69, 9.17) is 39.5 Å². The lowest BCUT2D eigenvalue weighted by atomic mass is 9.91. The highest BCUT2D eigenvalue weighted by Gasteiger charge is 2.35. The summed E-state index contributed by atoms with van der Waals surface area (Å²) in [5.74, 6) is 0.461. The molecule has 112 valence electrons. The van der Waals surface area contributed by atoms with Gasteiger partial charge in [0.2, 0.25) is 3.79 Å². The highest BCUT2D eigenvalue weighted by atomic mass is 35.6. The Bertz CT molecular complexity index is 523. The summed E-state index contributed by atoms with van der Waals surface area (Å²) in [7, 11) is 1.63. The summed E-state index contributed by atoms with van der Waals surface area (Å²) in [6, 6.07) is 15.8. The van der Waals surface area contributed by atoms with Crippen LogP contribution in [0.15, 0.2) is 48.5 Å². The number of methoxy groups -OCH3 is 1. The molecule has 0 aromatic heterocycles.